The third-order valence-electron chi connectivity index (χ3n) is 3.64. The van der Waals surface area contributed by atoms with Gasteiger partial charge in [0.25, 0.3) is 0 Å². The average Bonchev–Trinajstić information content (AvgIpc) is 2.33. The van der Waals surface area contributed by atoms with Crippen LogP contribution in [0.25, 0.3) is 0 Å². The first-order chi connectivity index (χ1) is 7.83. The maximum absolute atomic E-state index is 4.67. The number of rotatable bonds is 8. The minimum atomic E-state index is 0.568. The van der Waals surface area contributed by atoms with Crippen molar-refractivity contribution < 1.29 is 0 Å². The summed E-state index contributed by atoms with van der Waals surface area (Å²) in [6.07, 6.45) is 13.8. The van der Waals surface area contributed by atoms with E-state index in [2.05, 4.69) is 24.9 Å². The van der Waals surface area contributed by atoms with Gasteiger partial charge in [0.1, 0.15) is 0 Å². The summed E-state index contributed by atoms with van der Waals surface area (Å²) in [7, 11) is 0. The fourth-order valence-corrected chi connectivity index (χ4v) is 2.81. The van der Waals surface area contributed by atoms with E-state index < -0.39 is 0 Å². The first kappa shape index (κ1) is 14.4. The molecule has 1 atom stereocenters. The summed E-state index contributed by atoms with van der Waals surface area (Å²) in [6, 6.07) is 0.791. The van der Waals surface area contributed by atoms with Crippen LogP contribution in [0.3, 0.4) is 0 Å². The molecule has 0 aliphatic heterocycles. The van der Waals surface area contributed by atoms with Gasteiger partial charge in [0, 0.05) is 17.8 Å². The Kier molecular flexibility index (Phi) is 8.40. The summed E-state index contributed by atoms with van der Waals surface area (Å²) < 4.78 is 0. The van der Waals surface area contributed by atoms with Crippen LogP contribution in [-0.2, 0) is 0 Å². The van der Waals surface area contributed by atoms with Gasteiger partial charge in [-0.05, 0) is 19.3 Å². The molecule has 2 heteroatoms. The van der Waals surface area contributed by atoms with E-state index in [1.54, 1.807) is 0 Å². The van der Waals surface area contributed by atoms with E-state index in [1.807, 2.05) is 0 Å². The van der Waals surface area contributed by atoms with Crippen molar-refractivity contribution in [3.63, 3.8) is 0 Å². The quantitative estimate of drug-likeness (QED) is 0.481. The second kappa shape index (κ2) is 9.35. The first-order valence-corrected chi connectivity index (χ1v) is 7.76. The second-order valence-corrected chi connectivity index (χ2v) is 5.98. The lowest BCUT2D eigenvalue weighted by molar-refractivity contribution is 0.372. The van der Waals surface area contributed by atoms with Crippen molar-refractivity contribution in [1.82, 2.24) is 5.32 Å². The molecule has 0 saturated heterocycles. The molecule has 96 valence electrons. The maximum atomic E-state index is 4.67. The Balaban J connectivity index is 1.94. The minimum Gasteiger partial charge on any atom is -0.313 e. The molecule has 16 heavy (non-hydrogen) atoms. The zero-order valence-electron chi connectivity index (χ0n) is 10.9. The van der Waals surface area contributed by atoms with Crippen LogP contribution in [0.4, 0.5) is 0 Å². The average molecular weight is 243 g/mol. The topological polar surface area (TPSA) is 12.0 Å². The Morgan fingerprint density at radius 2 is 1.88 bits per heavy atom. The normalized spacial score (nSPS) is 19.9. The standard InChI is InChI=1S/C14H29NS/c1-2-3-4-8-11-14(16)12-15-13-9-6-5-7-10-13/h13-16H,2-12H2,1H3. The molecule has 0 aromatic rings. The molecule has 1 fully saturated rings. The Bertz CT molecular complexity index is 155. The summed E-state index contributed by atoms with van der Waals surface area (Å²) in [4.78, 5) is 0. The van der Waals surface area contributed by atoms with Gasteiger partial charge < -0.3 is 5.32 Å². The van der Waals surface area contributed by atoms with E-state index in [0.29, 0.717) is 5.25 Å². The molecule has 1 rings (SSSR count). The fraction of sp³-hybridized carbons (Fsp3) is 1.00. The van der Waals surface area contributed by atoms with Gasteiger partial charge in [-0.2, -0.15) is 12.6 Å². The zero-order valence-corrected chi connectivity index (χ0v) is 11.8. The third kappa shape index (κ3) is 6.80. The minimum absolute atomic E-state index is 0.568. The molecular weight excluding hydrogens is 214 g/mol. The van der Waals surface area contributed by atoms with Crippen LogP contribution >= 0.6 is 12.6 Å². The number of nitrogens with one attached hydrogen (secondary N) is 1. The molecule has 0 amide bonds. The molecule has 1 nitrogen and oxygen atoms in total. The molecule has 0 spiro atoms. The fourth-order valence-electron chi connectivity index (χ4n) is 2.52. The highest BCUT2D eigenvalue weighted by atomic mass is 32.1. The van der Waals surface area contributed by atoms with Gasteiger partial charge in [0.2, 0.25) is 0 Å². The molecule has 0 aromatic carbocycles. The largest absolute Gasteiger partial charge is 0.313 e. The van der Waals surface area contributed by atoms with Crippen molar-refractivity contribution in [2.75, 3.05) is 6.54 Å². The van der Waals surface area contributed by atoms with Crippen LogP contribution in [0.5, 0.6) is 0 Å². The van der Waals surface area contributed by atoms with Crippen molar-refractivity contribution in [3.8, 4) is 0 Å². The summed E-state index contributed by atoms with van der Waals surface area (Å²) in [5, 5.41) is 4.25. The van der Waals surface area contributed by atoms with Crippen molar-refractivity contribution in [1.29, 1.82) is 0 Å². The lowest BCUT2D eigenvalue weighted by Gasteiger charge is -2.24. The summed E-state index contributed by atoms with van der Waals surface area (Å²) >= 11 is 4.67. The Morgan fingerprint density at radius 3 is 2.56 bits per heavy atom. The Morgan fingerprint density at radius 1 is 1.12 bits per heavy atom. The van der Waals surface area contributed by atoms with Gasteiger partial charge in [-0.3, -0.25) is 0 Å². The number of unbranched alkanes of at least 4 members (excludes halogenated alkanes) is 3. The smallest absolute Gasteiger partial charge is 0.0142 e. The van der Waals surface area contributed by atoms with Crippen LogP contribution < -0.4 is 5.32 Å². The van der Waals surface area contributed by atoms with Crippen molar-refractivity contribution in [2.45, 2.75) is 82.4 Å². The maximum Gasteiger partial charge on any atom is 0.0142 e. The number of hydrogen-bond acceptors (Lipinski definition) is 2. The number of thiol groups is 1. The summed E-state index contributed by atoms with van der Waals surface area (Å²) in [5.74, 6) is 0. The molecule has 0 heterocycles. The Labute approximate surface area is 107 Å². The predicted octanol–water partition coefficient (Wildman–Crippen LogP) is 4.18. The van der Waals surface area contributed by atoms with E-state index in [9.17, 15) is 0 Å². The van der Waals surface area contributed by atoms with Crippen LogP contribution in [0, 0.1) is 0 Å². The molecular formula is C14H29NS. The predicted molar refractivity (Wildman–Crippen MR) is 76.4 cm³/mol. The van der Waals surface area contributed by atoms with Crippen LogP contribution in [0.2, 0.25) is 0 Å². The lowest BCUT2D eigenvalue weighted by Crippen LogP contribution is -2.35. The van der Waals surface area contributed by atoms with Crippen molar-refractivity contribution >= 4 is 12.6 Å². The first-order valence-electron chi connectivity index (χ1n) is 7.24. The van der Waals surface area contributed by atoms with Gasteiger partial charge in [-0.15, -0.1) is 0 Å². The van der Waals surface area contributed by atoms with E-state index in [-0.39, 0.29) is 0 Å². The van der Waals surface area contributed by atoms with Gasteiger partial charge in [-0.1, -0.05) is 51.9 Å². The van der Waals surface area contributed by atoms with Gasteiger partial charge >= 0.3 is 0 Å². The van der Waals surface area contributed by atoms with E-state index in [1.165, 1.54) is 64.2 Å². The lowest BCUT2D eigenvalue weighted by atomic mass is 9.95. The van der Waals surface area contributed by atoms with Gasteiger partial charge in [-0.25, -0.2) is 0 Å². The zero-order chi connectivity index (χ0) is 11.6. The Hall–Kier alpha value is 0.310. The highest BCUT2D eigenvalue weighted by molar-refractivity contribution is 7.81. The SMILES string of the molecule is CCCCCCC(S)CNC1CCCCC1. The highest BCUT2D eigenvalue weighted by Crippen LogP contribution is 2.18. The van der Waals surface area contributed by atoms with Gasteiger partial charge in [0.15, 0.2) is 0 Å². The third-order valence-corrected chi connectivity index (χ3v) is 4.08. The molecule has 1 N–H and O–H groups in total. The van der Waals surface area contributed by atoms with E-state index >= 15 is 0 Å². The molecule has 0 bridgehead atoms. The van der Waals surface area contributed by atoms with E-state index in [4.69, 9.17) is 0 Å². The van der Waals surface area contributed by atoms with Crippen molar-refractivity contribution in [2.24, 2.45) is 0 Å². The van der Waals surface area contributed by atoms with Crippen LogP contribution in [0.15, 0.2) is 0 Å². The summed E-state index contributed by atoms with van der Waals surface area (Å²) in [5.41, 5.74) is 0. The molecule has 1 aliphatic rings. The van der Waals surface area contributed by atoms with Gasteiger partial charge in [0.05, 0.1) is 0 Å². The molecule has 1 aliphatic carbocycles. The van der Waals surface area contributed by atoms with Crippen LogP contribution in [0.1, 0.15) is 71.1 Å². The second-order valence-electron chi connectivity index (χ2n) is 5.25. The molecule has 0 aromatic heterocycles. The van der Waals surface area contributed by atoms with E-state index in [0.717, 1.165) is 12.6 Å². The number of hydrogen-bond donors (Lipinski definition) is 2. The summed E-state index contributed by atoms with van der Waals surface area (Å²) in [6.45, 7) is 3.38. The highest BCUT2D eigenvalue weighted by Gasteiger charge is 2.13. The molecule has 0 radical (unpaired) electrons. The monoisotopic (exact) mass is 243 g/mol. The van der Waals surface area contributed by atoms with Crippen LogP contribution in [-0.4, -0.2) is 17.8 Å². The molecule has 1 unspecified atom stereocenters. The van der Waals surface area contributed by atoms with Crippen molar-refractivity contribution in [3.05, 3.63) is 0 Å². The molecule has 1 saturated carbocycles.